The summed E-state index contributed by atoms with van der Waals surface area (Å²) in [6.07, 6.45) is -0.383. The lowest BCUT2D eigenvalue weighted by Crippen LogP contribution is -2.45. The second-order valence-corrected chi connectivity index (χ2v) is 7.66. The smallest absolute Gasteiger partial charge is 0.417 e. The van der Waals surface area contributed by atoms with Crippen LogP contribution >= 0.6 is 0 Å². The van der Waals surface area contributed by atoms with Gasteiger partial charge in [0.1, 0.15) is 0 Å². The molecule has 2 aliphatic rings. The van der Waals surface area contributed by atoms with E-state index in [9.17, 15) is 22.8 Å². The van der Waals surface area contributed by atoms with Crippen LogP contribution in [0.4, 0.5) is 13.2 Å². The van der Waals surface area contributed by atoms with E-state index in [0.717, 1.165) is 38.3 Å². The van der Waals surface area contributed by atoms with Crippen molar-refractivity contribution in [3.05, 3.63) is 35.4 Å². The Bertz CT molecular complexity index is 768. The lowest BCUT2D eigenvalue weighted by Gasteiger charge is -2.30. The van der Waals surface area contributed by atoms with Crippen LogP contribution in [0.3, 0.4) is 0 Å². The number of rotatable bonds is 7. The molecule has 1 aliphatic heterocycles. The SMILES string of the molecule is COC(=O)C[C@H]1CC[C@@H](CNC(=O)c2ccccc2C(F)(F)F)N1CC1CC1.O=CO. The van der Waals surface area contributed by atoms with Gasteiger partial charge in [0.05, 0.1) is 24.7 Å². The summed E-state index contributed by atoms with van der Waals surface area (Å²) < 4.78 is 44.2. The highest BCUT2D eigenvalue weighted by molar-refractivity contribution is 5.95. The number of halogens is 3. The first-order valence-corrected chi connectivity index (χ1v) is 10.1. The van der Waals surface area contributed by atoms with Crippen molar-refractivity contribution in [2.45, 2.75) is 50.4 Å². The standard InChI is InChI=1S/C20H25F3N2O3.CH2O2/c1-28-18(26)10-14-8-9-15(25(14)12-13-6-7-13)11-24-19(27)16-4-2-3-5-17(16)20(21,22)23;2-1-3/h2-5,13-15H,6-12H2,1H3,(H,24,27);1H,(H,2,3)/t14-,15+;/m1./s1. The number of carbonyl (C=O) groups excluding carboxylic acids is 2. The Labute approximate surface area is 178 Å². The number of carbonyl (C=O) groups is 3. The maximum absolute atomic E-state index is 13.1. The van der Waals surface area contributed by atoms with Crippen LogP contribution in [0.25, 0.3) is 0 Å². The van der Waals surface area contributed by atoms with Gasteiger partial charge in [-0.25, -0.2) is 0 Å². The van der Waals surface area contributed by atoms with Crippen LogP contribution in [0, 0.1) is 5.92 Å². The fourth-order valence-electron chi connectivity index (χ4n) is 3.86. The highest BCUT2D eigenvalue weighted by Crippen LogP contribution is 2.35. The molecule has 2 N–H and O–H groups in total. The summed E-state index contributed by atoms with van der Waals surface area (Å²) in [6.45, 7) is 0.858. The molecule has 0 spiro atoms. The highest BCUT2D eigenvalue weighted by Gasteiger charge is 2.39. The molecule has 0 bridgehead atoms. The molecule has 0 radical (unpaired) electrons. The number of esters is 1. The minimum atomic E-state index is -4.58. The molecular formula is C21H27F3N2O5. The quantitative estimate of drug-likeness (QED) is 0.496. The van der Waals surface area contributed by atoms with Gasteiger partial charge in [-0.2, -0.15) is 13.2 Å². The number of hydrogen-bond donors (Lipinski definition) is 2. The van der Waals surface area contributed by atoms with Gasteiger partial charge in [-0.15, -0.1) is 0 Å². The van der Waals surface area contributed by atoms with Crippen molar-refractivity contribution in [2.75, 3.05) is 20.2 Å². The summed E-state index contributed by atoms with van der Waals surface area (Å²) >= 11 is 0. The van der Waals surface area contributed by atoms with Gasteiger partial charge < -0.3 is 15.2 Å². The number of nitrogens with zero attached hydrogens (tertiary/aromatic N) is 1. The summed E-state index contributed by atoms with van der Waals surface area (Å²) in [5.74, 6) is -0.396. The molecule has 1 aromatic rings. The van der Waals surface area contributed by atoms with Crippen LogP contribution in [0.1, 0.15) is 48.0 Å². The van der Waals surface area contributed by atoms with Gasteiger partial charge in [0, 0.05) is 25.2 Å². The normalized spacial score (nSPS) is 21.0. The van der Waals surface area contributed by atoms with Gasteiger partial charge in [0.25, 0.3) is 12.4 Å². The Morgan fingerprint density at radius 1 is 1.19 bits per heavy atom. The van der Waals surface area contributed by atoms with Crippen LogP contribution in [-0.2, 0) is 20.5 Å². The molecule has 172 valence electrons. The first-order valence-electron chi connectivity index (χ1n) is 10.1. The fraction of sp³-hybridized carbons (Fsp3) is 0.571. The van der Waals surface area contributed by atoms with Crippen molar-refractivity contribution in [1.29, 1.82) is 0 Å². The number of alkyl halides is 3. The summed E-state index contributed by atoms with van der Waals surface area (Å²) in [7, 11) is 1.36. The molecule has 1 aromatic carbocycles. The minimum absolute atomic E-state index is 0.0113. The third-order valence-electron chi connectivity index (χ3n) is 5.54. The van der Waals surface area contributed by atoms with Crippen LogP contribution in [0.2, 0.25) is 0 Å². The van der Waals surface area contributed by atoms with Gasteiger partial charge in [-0.3, -0.25) is 19.3 Å². The Hall–Kier alpha value is -2.62. The molecule has 0 aromatic heterocycles. The summed E-state index contributed by atoms with van der Waals surface area (Å²) in [4.78, 5) is 34.7. The molecule has 1 amide bonds. The lowest BCUT2D eigenvalue weighted by molar-refractivity contribution is -0.142. The number of carboxylic acid groups (broad SMARTS) is 1. The van der Waals surface area contributed by atoms with E-state index in [2.05, 4.69) is 10.2 Å². The van der Waals surface area contributed by atoms with Crippen molar-refractivity contribution >= 4 is 18.3 Å². The molecule has 31 heavy (non-hydrogen) atoms. The highest BCUT2D eigenvalue weighted by atomic mass is 19.4. The summed E-state index contributed by atoms with van der Waals surface area (Å²) in [5.41, 5.74) is -1.30. The van der Waals surface area contributed by atoms with Gasteiger partial charge in [-0.05, 0) is 43.7 Å². The van der Waals surface area contributed by atoms with E-state index in [1.807, 2.05) is 0 Å². The number of amides is 1. The molecule has 3 rings (SSSR count). The Morgan fingerprint density at radius 3 is 2.39 bits per heavy atom. The van der Waals surface area contributed by atoms with Gasteiger partial charge >= 0.3 is 12.1 Å². The van der Waals surface area contributed by atoms with Gasteiger partial charge in [-0.1, -0.05) is 12.1 Å². The zero-order chi connectivity index (χ0) is 23.0. The Kier molecular flexibility index (Phi) is 8.85. The first kappa shape index (κ1) is 24.6. The lowest BCUT2D eigenvalue weighted by atomic mass is 10.1. The van der Waals surface area contributed by atoms with Crippen molar-refractivity contribution in [2.24, 2.45) is 5.92 Å². The number of ether oxygens (including phenoxy) is 1. The molecule has 1 heterocycles. The average molecular weight is 444 g/mol. The number of likely N-dealkylation sites (tertiary alicyclic amines) is 1. The molecule has 1 aliphatic carbocycles. The summed E-state index contributed by atoms with van der Waals surface area (Å²) in [5, 5.41) is 9.56. The molecule has 10 heteroatoms. The van der Waals surface area contributed by atoms with E-state index in [4.69, 9.17) is 14.6 Å². The Morgan fingerprint density at radius 2 is 1.81 bits per heavy atom. The van der Waals surface area contributed by atoms with Crippen LogP contribution in [0.5, 0.6) is 0 Å². The second-order valence-electron chi connectivity index (χ2n) is 7.66. The van der Waals surface area contributed by atoms with Crippen molar-refractivity contribution in [1.82, 2.24) is 10.2 Å². The summed E-state index contributed by atoms with van der Waals surface area (Å²) in [6, 6.07) is 4.86. The van der Waals surface area contributed by atoms with Crippen LogP contribution in [0.15, 0.2) is 24.3 Å². The van der Waals surface area contributed by atoms with Crippen molar-refractivity contribution in [3.8, 4) is 0 Å². The predicted molar refractivity (Wildman–Crippen MR) is 105 cm³/mol. The number of nitrogens with one attached hydrogen (secondary N) is 1. The maximum Gasteiger partial charge on any atom is 0.417 e. The second kappa shape index (κ2) is 11.1. The minimum Gasteiger partial charge on any atom is -0.483 e. The molecular weight excluding hydrogens is 417 g/mol. The van der Waals surface area contributed by atoms with E-state index in [1.165, 1.54) is 25.3 Å². The van der Waals surface area contributed by atoms with Crippen LogP contribution in [-0.4, -0.2) is 60.6 Å². The van der Waals surface area contributed by atoms with E-state index in [-0.39, 0.29) is 36.6 Å². The molecule has 1 saturated carbocycles. The van der Waals surface area contributed by atoms with Crippen molar-refractivity contribution in [3.63, 3.8) is 0 Å². The molecule has 2 fully saturated rings. The van der Waals surface area contributed by atoms with E-state index < -0.39 is 17.6 Å². The maximum atomic E-state index is 13.1. The topological polar surface area (TPSA) is 95.9 Å². The number of benzene rings is 1. The van der Waals surface area contributed by atoms with Gasteiger partial charge in [0.15, 0.2) is 0 Å². The number of hydrogen-bond acceptors (Lipinski definition) is 5. The monoisotopic (exact) mass is 444 g/mol. The third kappa shape index (κ3) is 7.23. The van der Waals surface area contributed by atoms with E-state index in [0.29, 0.717) is 12.3 Å². The molecule has 7 nitrogen and oxygen atoms in total. The first-order chi connectivity index (χ1) is 14.7. The zero-order valence-electron chi connectivity index (χ0n) is 17.2. The van der Waals surface area contributed by atoms with E-state index in [1.54, 1.807) is 0 Å². The van der Waals surface area contributed by atoms with Gasteiger partial charge in [0.2, 0.25) is 0 Å². The molecule has 1 saturated heterocycles. The average Bonchev–Trinajstić information content (AvgIpc) is 3.48. The largest absolute Gasteiger partial charge is 0.483 e. The predicted octanol–water partition coefficient (Wildman–Crippen LogP) is 2.94. The van der Waals surface area contributed by atoms with Crippen LogP contribution < -0.4 is 5.32 Å². The Balaban J connectivity index is 0.00000107. The molecule has 2 atom stereocenters. The van der Waals surface area contributed by atoms with E-state index >= 15 is 0 Å². The number of methoxy groups -OCH3 is 1. The fourth-order valence-corrected chi connectivity index (χ4v) is 3.86. The zero-order valence-corrected chi connectivity index (χ0v) is 17.2. The molecule has 0 unspecified atom stereocenters. The third-order valence-corrected chi connectivity index (χ3v) is 5.54. The van der Waals surface area contributed by atoms with Crippen molar-refractivity contribution < 1.29 is 37.4 Å².